The molecule has 0 aromatic heterocycles. The van der Waals surface area contributed by atoms with Gasteiger partial charge >= 0.3 is 5.97 Å². The largest absolute Gasteiger partial charge is 0.480 e. The van der Waals surface area contributed by atoms with Gasteiger partial charge in [0, 0.05) is 6.42 Å². The van der Waals surface area contributed by atoms with E-state index in [9.17, 15) is 13.6 Å². The first kappa shape index (κ1) is 8.87. The summed E-state index contributed by atoms with van der Waals surface area (Å²) < 4.78 is 26.2. The molecule has 3 rings (SSSR count). The number of hydrogen-bond acceptors (Lipinski definition) is 2. The predicted molar refractivity (Wildman–Crippen MR) is 40.6 cm³/mol. The summed E-state index contributed by atoms with van der Waals surface area (Å²) in [6.45, 7) is 0. The minimum Gasteiger partial charge on any atom is -0.480 e. The molecule has 0 aromatic rings. The summed E-state index contributed by atoms with van der Waals surface area (Å²) in [7, 11) is 0. The van der Waals surface area contributed by atoms with Gasteiger partial charge in [0.05, 0.1) is 6.04 Å². The Bertz CT molecular complexity index is 244. The van der Waals surface area contributed by atoms with Crippen LogP contribution in [0.1, 0.15) is 19.3 Å². The van der Waals surface area contributed by atoms with Crippen LogP contribution in [-0.4, -0.2) is 29.1 Å². The monoisotopic (exact) mass is 191 g/mol. The maximum atomic E-state index is 13.1. The van der Waals surface area contributed by atoms with E-state index >= 15 is 0 Å². The number of carboxylic acid groups (broad SMARTS) is 1. The maximum absolute atomic E-state index is 13.1. The lowest BCUT2D eigenvalue weighted by Gasteiger charge is -2.46. The van der Waals surface area contributed by atoms with Gasteiger partial charge in [-0.25, -0.2) is 8.78 Å². The van der Waals surface area contributed by atoms with E-state index in [1.54, 1.807) is 0 Å². The molecule has 0 spiro atoms. The molecule has 3 aliphatic rings. The van der Waals surface area contributed by atoms with Crippen LogP contribution in [0, 0.1) is 5.92 Å². The van der Waals surface area contributed by atoms with Gasteiger partial charge in [-0.05, 0) is 18.8 Å². The van der Waals surface area contributed by atoms with Gasteiger partial charge in [0.25, 0.3) is 5.92 Å². The van der Waals surface area contributed by atoms with Crippen LogP contribution in [-0.2, 0) is 4.79 Å². The molecule has 0 aromatic carbocycles. The lowest BCUT2D eigenvalue weighted by atomic mass is 9.74. The predicted octanol–water partition coefficient (Wildman–Crippen LogP) is 0.847. The van der Waals surface area contributed by atoms with E-state index in [1.807, 2.05) is 0 Å². The zero-order chi connectivity index (χ0) is 9.64. The Hall–Kier alpha value is -0.710. The van der Waals surface area contributed by atoms with Crippen molar-refractivity contribution in [2.45, 2.75) is 37.3 Å². The van der Waals surface area contributed by atoms with Crippen LogP contribution in [0.2, 0.25) is 0 Å². The lowest BCUT2D eigenvalue weighted by molar-refractivity contribution is -0.156. The molecule has 2 bridgehead atoms. The van der Waals surface area contributed by atoms with E-state index in [4.69, 9.17) is 5.11 Å². The average molecular weight is 191 g/mol. The molecule has 2 saturated heterocycles. The molecule has 2 aliphatic heterocycles. The fourth-order valence-electron chi connectivity index (χ4n) is 2.30. The molecule has 0 amide bonds. The smallest absolute Gasteiger partial charge is 0.320 e. The number of rotatable bonds is 1. The zero-order valence-corrected chi connectivity index (χ0v) is 6.96. The molecule has 74 valence electrons. The van der Waals surface area contributed by atoms with E-state index in [1.165, 1.54) is 0 Å². The van der Waals surface area contributed by atoms with Gasteiger partial charge in [0.2, 0.25) is 0 Å². The Morgan fingerprint density at radius 2 is 2.15 bits per heavy atom. The third-order valence-corrected chi connectivity index (χ3v) is 2.99. The van der Waals surface area contributed by atoms with Crippen molar-refractivity contribution in [2.75, 3.05) is 0 Å². The van der Waals surface area contributed by atoms with Gasteiger partial charge in [-0.2, -0.15) is 0 Å². The van der Waals surface area contributed by atoms with Crippen LogP contribution in [0.25, 0.3) is 0 Å². The van der Waals surface area contributed by atoms with E-state index in [2.05, 4.69) is 5.32 Å². The number of nitrogens with one attached hydrogen (secondary N) is 1. The second-order valence-electron chi connectivity index (χ2n) is 3.84. The fourth-order valence-corrected chi connectivity index (χ4v) is 2.30. The van der Waals surface area contributed by atoms with Crippen molar-refractivity contribution in [3.8, 4) is 0 Å². The number of aliphatic carboxylic acids is 1. The molecule has 1 saturated carbocycles. The first-order chi connectivity index (χ1) is 6.00. The second kappa shape index (κ2) is 2.64. The topological polar surface area (TPSA) is 49.3 Å². The summed E-state index contributed by atoms with van der Waals surface area (Å²) in [5, 5.41) is 11.2. The van der Waals surface area contributed by atoms with Crippen molar-refractivity contribution >= 4 is 5.97 Å². The molecule has 2 N–H and O–H groups in total. The van der Waals surface area contributed by atoms with Gasteiger partial charge < -0.3 is 5.11 Å². The Labute approximate surface area is 74.1 Å². The van der Waals surface area contributed by atoms with Crippen molar-refractivity contribution in [1.29, 1.82) is 0 Å². The summed E-state index contributed by atoms with van der Waals surface area (Å²) >= 11 is 0. The molecule has 3 fully saturated rings. The number of hydrogen-bond donors (Lipinski definition) is 2. The molecule has 13 heavy (non-hydrogen) atoms. The highest BCUT2D eigenvalue weighted by molar-refractivity contribution is 5.74. The minimum atomic E-state index is -2.71. The SMILES string of the molecule is O=C(O)[C@@H]1N[C@H]2CC[C@H]1CC2(F)F. The zero-order valence-electron chi connectivity index (χ0n) is 6.96. The van der Waals surface area contributed by atoms with Crippen LogP contribution < -0.4 is 5.32 Å². The number of piperidine rings is 2. The highest BCUT2D eigenvalue weighted by Crippen LogP contribution is 2.42. The van der Waals surface area contributed by atoms with E-state index in [0.717, 1.165) is 0 Å². The highest BCUT2D eigenvalue weighted by Gasteiger charge is 2.54. The van der Waals surface area contributed by atoms with Crippen LogP contribution in [0.5, 0.6) is 0 Å². The summed E-state index contributed by atoms with van der Waals surface area (Å²) in [6.07, 6.45) is 0.716. The summed E-state index contributed by atoms with van der Waals surface area (Å²) in [6, 6.07) is -1.70. The Morgan fingerprint density at radius 3 is 2.54 bits per heavy atom. The quantitative estimate of drug-likeness (QED) is 0.646. The molecular weight excluding hydrogens is 180 g/mol. The van der Waals surface area contributed by atoms with Crippen molar-refractivity contribution in [3.05, 3.63) is 0 Å². The van der Waals surface area contributed by atoms with Crippen LogP contribution in [0.4, 0.5) is 8.78 Å². The summed E-state index contributed by atoms with van der Waals surface area (Å²) in [5.74, 6) is -4.13. The van der Waals surface area contributed by atoms with Crippen molar-refractivity contribution in [3.63, 3.8) is 0 Å². The van der Waals surface area contributed by atoms with Crippen molar-refractivity contribution < 1.29 is 18.7 Å². The maximum Gasteiger partial charge on any atom is 0.320 e. The Balaban J connectivity index is 2.16. The number of carbonyl (C=O) groups is 1. The van der Waals surface area contributed by atoms with Gasteiger partial charge in [0.1, 0.15) is 6.04 Å². The number of halogens is 2. The summed E-state index contributed by atoms with van der Waals surface area (Å²) in [5.41, 5.74) is 0. The summed E-state index contributed by atoms with van der Waals surface area (Å²) in [4.78, 5) is 10.6. The lowest BCUT2D eigenvalue weighted by Crippen LogP contribution is -2.64. The number of fused-ring (bicyclic) bond motifs is 3. The van der Waals surface area contributed by atoms with Gasteiger partial charge in [-0.15, -0.1) is 0 Å². The standard InChI is InChI=1S/C8H11F2NO2/c9-8(10)3-4-1-2-5(8)11-6(4)7(12)13/h4-6,11H,1-3H2,(H,12,13)/t4-,5-,6+/m0/s1. The van der Waals surface area contributed by atoms with E-state index < -0.39 is 29.9 Å². The number of alkyl halides is 2. The molecule has 5 heteroatoms. The van der Waals surface area contributed by atoms with Gasteiger partial charge in [-0.3, -0.25) is 10.1 Å². The first-order valence-electron chi connectivity index (χ1n) is 4.37. The second-order valence-corrected chi connectivity index (χ2v) is 3.84. The molecular formula is C8H11F2NO2. The third kappa shape index (κ3) is 1.31. The number of carboxylic acids is 1. The Morgan fingerprint density at radius 1 is 1.46 bits per heavy atom. The fraction of sp³-hybridized carbons (Fsp3) is 0.875. The molecule has 2 heterocycles. The van der Waals surface area contributed by atoms with E-state index in [0.29, 0.717) is 12.8 Å². The third-order valence-electron chi connectivity index (χ3n) is 2.99. The van der Waals surface area contributed by atoms with Crippen molar-refractivity contribution in [1.82, 2.24) is 5.32 Å². The van der Waals surface area contributed by atoms with E-state index in [-0.39, 0.29) is 6.42 Å². The molecule has 3 atom stereocenters. The first-order valence-corrected chi connectivity index (χ1v) is 4.37. The van der Waals surface area contributed by atoms with Gasteiger partial charge in [0.15, 0.2) is 0 Å². The van der Waals surface area contributed by atoms with Crippen LogP contribution in [0.15, 0.2) is 0 Å². The highest BCUT2D eigenvalue weighted by atomic mass is 19.3. The normalized spacial score (nSPS) is 41.8. The average Bonchev–Trinajstić information content (AvgIpc) is 2.02. The Kier molecular flexibility index (Phi) is 1.80. The van der Waals surface area contributed by atoms with Crippen LogP contribution >= 0.6 is 0 Å². The van der Waals surface area contributed by atoms with Gasteiger partial charge in [-0.1, -0.05) is 0 Å². The molecule has 0 radical (unpaired) electrons. The molecule has 3 nitrogen and oxygen atoms in total. The van der Waals surface area contributed by atoms with Crippen molar-refractivity contribution in [2.24, 2.45) is 5.92 Å². The molecule has 1 aliphatic carbocycles. The minimum absolute atomic E-state index is 0.276. The van der Waals surface area contributed by atoms with Crippen LogP contribution in [0.3, 0.4) is 0 Å². The molecule has 0 unspecified atom stereocenters.